The summed E-state index contributed by atoms with van der Waals surface area (Å²) in [6.07, 6.45) is 0.837. The van der Waals surface area contributed by atoms with Gasteiger partial charge in [0, 0.05) is 0 Å². The van der Waals surface area contributed by atoms with Gasteiger partial charge in [0.05, 0.1) is 0 Å². The Hall–Kier alpha value is 0.370. The van der Waals surface area contributed by atoms with Crippen molar-refractivity contribution in [1.29, 1.82) is 0 Å². The Bertz CT molecular complexity index is 149. The van der Waals surface area contributed by atoms with Crippen LogP contribution in [0, 0.1) is 0 Å². The molecule has 0 radical (unpaired) electrons. The molecule has 0 spiro atoms. The van der Waals surface area contributed by atoms with Gasteiger partial charge < -0.3 is 4.74 Å². The van der Waals surface area contributed by atoms with E-state index >= 15 is 0 Å². The number of rotatable bonds is 2. The van der Waals surface area contributed by atoms with Crippen LogP contribution in [0.5, 0.6) is 0 Å². The lowest BCUT2D eigenvalue weighted by Crippen LogP contribution is -2.08. The van der Waals surface area contributed by atoms with Crippen molar-refractivity contribution in [3.05, 3.63) is 10.8 Å². The van der Waals surface area contributed by atoms with Gasteiger partial charge in [-0.3, -0.25) is 0 Å². The van der Waals surface area contributed by atoms with E-state index in [4.69, 9.17) is 46.4 Å². The van der Waals surface area contributed by atoms with Crippen LogP contribution in [0.3, 0.4) is 0 Å². The van der Waals surface area contributed by atoms with E-state index < -0.39 is 10.8 Å². The van der Waals surface area contributed by atoms with Crippen molar-refractivity contribution < 1.29 is 9.53 Å². The first-order valence-corrected chi connectivity index (χ1v) is 3.66. The maximum absolute atomic E-state index is 10.4. The summed E-state index contributed by atoms with van der Waals surface area (Å²) in [5.41, 5.74) is 0. The molecule has 0 heterocycles. The largest absolute Gasteiger partial charge is 0.430 e. The highest BCUT2D eigenvalue weighted by molar-refractivity contribution is 6.56. The van der Waals surface area contributed by atoms with Gasteiger partial charge in [0.15, 0.2) is 0 Å². The highest BCUT2D eigenvalue weighted by Crippen LogP contribution is 2.09. The Kier molecular flexibility index (Phi) is 5.27. The predicted octanol–water partition coefficient (Wildman–Crippen LogP) is 2.61. The van der Waals surface area contributed by atoms with Crippen molar-refractivity contribution in [3.8, 4) is 0 Å². The summed E-state index contributed by atoms with van der Waals surface area (Å²) in [5.74, 6) is -0.817. The van der Waals surface area contributed by atoms with Gasteiger partial charge in [0.25, 0.3) is 0 Å². The van der Waals surface area contributed by atoms with E-state index in [1.165, 1.54) is 0 Å². The summed E-state index contributed by atoms with van der Waals surface area (Å²) in [6.45, 7) is 0. The van der Waals surface area contributed by atoms with E-state index in [0.717, 1.165) is 6.26 Å². The van der Waals surface area contributed by atoms with Crippen molar-refractivity contribution in [2.75, 3.05) is 0 Å². The number of alkyl halides is 2. The number of carbonyl (C=O) groups excluding carboxylic acids is 1. The van der Waals surface area contributed by atoms with Gasteiger partial charge in [-0.2, -0.15) is 0 Å². The van der Waals surface area contributed by atoms with Crippen LogP contribution in [0.4, 0.5) is 0 Å². The molecule has 6 heteroatoms. The predicted molar refractivity (Wildman–Crippen MR) is 41.4 cm³/mol. The highest BCUT2D eigenvalue weighted by Gasteiger charge is 2.11. The third-order valence-electron chi connectivity index (χ3n) is 0.442. The molecule has 0 unspecified atom stereocenters. The molecule has 0 N–H and O–H groups in total. The SMILES string of the molecule is O=C(OC=C(Cl)Cl)C(Cl)Cl. The fraction of sp³-hybridized carbons (Fsp3) is 0.250. The molecule has 2 nitrogen and oxygen atoms in total. The maximum Gasteiger partial charge on any atom is 0.344 e. The van der Waals surface area contributed by atoms with Gasteiger partial charge in [-0.05, 0) is 0 Å². The average molecular weight is 224 g/mol. The smallest absolute Gasteiger partial charge is 0.344 e. The molecule has 0 aromatic heterocycles. The molecule has 0 saturated carbocycles. The summed E-state index contributed by atoms with van der Waals surface area (Å²) < 4.78 is 4.06. The van der Waals surface area contributed by atoms with Gasteiger partial charge in [0.2, 0.25) is 4.84 Å². The molecule has 0 amide bonds. The normalized spacial score (nSPS) is 9.30. The Labute approximate surface area is 77.6 Å². The van der Waals surface area contributed by atoms with Crippen LogP contribution in [0.2, 0.25) is 0 Å². The highest BCUT2D eigenvalue weighted by atomic mass is 35.5. The number of halogens is 4. The first kappa shape index (κ1) is 10.4. The molecule has 0 bridgehead atoms. The molecule has 0 aliphatic heterocycles. The van der Waals surface area contributed by atoms with Crippen molar-refractivity contribution in [2.45, 2.75) is 4.84 Å². The van der Waals surface area contributed by atoms with E-state index in [-0.39, 0.29) is 4.49 Å². The lowest BCUT2D eigenvalue weighted by Gasteiger charge is -1.96. The van der Waals surface area contributed by atoms with Gasteiger partial charge in [-0.15, -0.1) is 0 Å². The Morgan fingerprint density at radius 1 is 1.40 bits per heavy atom. The Morgan fingerprint density at radius 2 is 1.90 bits per heavy atom. The topological polar surface area (TPSA) is 26.3 Å². The summed E-state index contributed by atoms with van der Waals surface area (Å²) in [4.78, 5) is 9.18. The molecule has 58 valence electrons. The van der Waals surface area contributed by atoms with Gasteiger partial charge in [-0.25, -0.2) is 4.79 Å². The van der Waals surface area contributed by atoms with Crippen LogP contribution in [-0.4, -0.2) is 10.8 Å². The molecule has 0 fully saturated rings. The quantitative estimate of drug-likeness (QED) is 0.409. The van der Waals surface area contributed by atoms with Gasteiger partial charge in [0.1, 0.15) is 10.8 Å². The van der Waals surface area contributed by atoms with E-state index in [1.54, 1.807) is 0 Å². The molecule has 0 rings (SSSR count). The third-order valence-corrected chi connectivity index (χ3v) is 0.977. The lowest BCUT2D eigenvalue weighted by molar-refractivity contribution is -0.135. The second-order valence-corrected chi connectivity index (χ2v) is 3.25. The Balaban J connectivity index is 3.71. The molecule has 0 aliphatic rings. The summed E-state index contributed by atoms with van der Waals surface area (Å²) in [6, 6.07) is 0. The number of carbonyl (C=O) groups is 1. The zero-order chi connectivity index (χ0) is 8.15. The van der Waals surface area contributed by atoms with Crippen LogP contribution in [0.1, 0.15) is 0 Å². The summed E-state index contributed by atoms with van der Waals surface area (Å²) >= 11 is 20.4. The molecule has 0 aromatic rings. The molecule has 10 heavy (non-hydrogen) atoms. The van der Waals surface area contributed by atoms with Crippen molar-refractivity contribution >= 4 is 52.4 Å². The number of ether oxygens (including phenoxy) is 1. The molecule has 0 saturated heterocycles. The van der Waals surface area contributed by atoms with Crippen molar-refractivity contribution in [2.24, 2.45) is 0 Å². The van der Waals surface area contributed by atoms with Crippen LogP contribution in [-0.2, 0) is 9.53 Å². The van der Waals surface area contributed by atoms with Crippen LogP contribution >= 0.6 is 46.4 Å². The van der Waals surface area contributed by atoms with Gasteiger partial charge >= 0.3 is 5.97 Å². The van der Waals surface area contributed by atoms with E-state index in [0.29, 0.717) is 0 Å². The van der Waals surface area contributed by atoms with Crippen molar-refractivity contribution in [3.63, 3.8) is 0 Å². The second kappa shape index (κ2) is 5.08. The van der Waals surface area contributed by atoms with Crippen LogP contribution in [0.15, 0.2) is 10.8 Å². The first-order chi connectivity index (χ1) is 4.54. The van der Waals surface area contributed by atoms with Crippen LogP contribution in [0.25, 0.3) is 0 Å². The fourth-order valence-electron chi connectivity index (χ4n) is 0.154. The number of hydrogen-bond acceptors (Lipinski definition) is 2. The molecule has 0 atom stereocenters. The fourth-order valence-corrected chi connectivity index (χ4v) is 0.346. The van der Waals surface area contributed by atoms with Crippen molar-refractivity contribution in [1.82, 2.24) is 0 Å². The monoisotopic (exact) mass is 222 g/mol. The summed E-state index contributed by atoms with van der Waals surface area (Å²) in [5, 5.41) is 0. The van der Waals surface area contributed by atoms with E-state index in [2.05, 4.69) is 4.74 Å². The molecular formula is C4H2Cl4O2. The first-order valence-electron chi connectivity index (χ1n) is 2.04. The van der Waals surface area contributed by atoms with E-state index in [9.17, 15) is 4.79 Å². The molecule has 0 aliphatic carbocycles. The summed E-state index contributed by atoms with van der Waals surface area (Å²) in [7, 11) is 0. The number of hydrogen-bond donors (Lipinski definition) is 0. The zero-order valence-electron chi connectivity index (χ0n) is 4.48. The second-order valence-electron chi connectivity index (χ2n) is 1.15. The van der Waals surface area contributed by atoms with Gasteiger partial charge in [-0.1, -0.05) is 46.4 Å². The molecular weight excluding hydrogens is 222 g/mol. The minimum atomic E-state index is -1.22. The maximum atomic E-state index is 10.4. The average Bonchev–Trinajstić information content (AvgIpc) is 1.82. The Morgan fingerprint density at radius 3 is 2.20 bits per heavy atom. The number of esters is 1. The van der Waals surface area contributed by atoms with E-state index in [1.807, 2.05) is 0 Å². The standard InChI is InChI=1S/C4H2Cl4O2/c5-2(6)1-10-4(9)3(7)8/h1,3H. The third kappa shape index (κ3) is 5.18. The minimum Gasteiger partial charge on any atom is -0.430 e. The minimum absolute atomic E-state index is 0.178. The van der Waals surface area contributed by atoms with Crippen LogP contribution < -0.4 is 0 Å². The lowest BCUT2D eigenvalue weighted by atomic mass is 10.8. The zero-order valence-corrected chi connectivity index (χ0v) is 7.51. The molecule has 0 aromatic carbocycles.